The lowest BCUT2D eigenvalue weighted by Crippen LogP contribution is -2.10. The minimum Gasteiger partial charge on any atom is -0.497 e. The van der Waals surface area contributed by atoms with Crippen LogP contribution >= 0.6 is 11.6 Å². The van der Waals surface area contributed by atoms with Crippen LogP contribution in [0, 0.1) is 0 Å². The average molecular weight is 302 g/mol. The fraction of sp³-hybridized carbons (Fsp3) is 0.188. The van der Waals surface area contributed by atoms with Crippen LogP contribution < -0.4 is 10.5 Å². The van der Waals surface area contributed by atoms with Crippen LogP contribution in [-0.2, 0) is 0 Å². The second-order valence-electron chi connectivity index (χ2n) is 4.92. The van der Waals surface area contributed by atoms with E-state index in [1.165, 1.54) is 0 Å². The molecular formula is C16H16ClN3O. The van der Waals surface area contributed by atoms with Crippen LogP contribution in [0.25, 0.3) is 11.0 Å². The third-order valence-corrected chi connectivity index (χ3v) is 3.92. The highest BCUT2D eigenvalue weighted by Crippen LogP contribution is 2.30. The first-order valence-electron chi connectivity index (χ1n) is 6.67. The van der Waals surface area contributed by atoms with Crippen LogP contribution in [-0.4, -0.2) is 16.7 Å². The Hall–Kier alpha value is -2.20. The first-order valence-corrected chi connectivity index (χ1v) is 7.05. The summed E-state index contributed by atoms with van der Waals surface area (Å²) in [6.07, 6.45) is 0. The van der Waals surface area contributed by atoms with Gasteiger partial charge in [0, 0.05) is 11.1 Å². The third kappa shape index (κ3) is 2.43. The second-order valence-corrected chi connectivity index (χ2v) is 5.36. The molecule has 5 heteroatoms. The number of fused-ring (bicyclic) bond motifs is 1. The molecule has 0 aliphatic carbocycles. The van der Waals surface area contributed by atoms with Gasteiger partial charge in [-0.2, -0.15) is 0 Å². The van der Waals surface area contributed by atoms with Crippen LogP contribution in [0.1, 0.15) is 18.5 Å². The van der Waals surface area contributed by atoms with E-state index in [1.54, 1.807) is 7.11 Å². The first kappa shape index (κ1) is 13.8. The molecule has 0 radical (unpaired) electrons. The largest absolute Gasteiger partial charge is 0.497 e. The molecule has 1 aromatic heterocycles. The lowest BCUT2D eigenvalue weighted by Gasteiger charge is -2.17. The van der Waals surface area contributed by atoms with Gasteiger partial charge >= 0.3 is 0 Å². The van der Waals surface area contributed by atoms with Crippen molar-refractivity contribution in [2.45, 2.75) is 13.0 Å². The van der Waals surface area contributed by atoms with Gasteiger partial charge in [0.15, 0.2) is 0 Å². The molecule has 1 heterocycles. The zero-order valence-corrected chi connectivity index (χ0v) is 12.6. The number of ether oxygens (including phenoxy) is 1. The third-order valence-electron chi connectivity index (χ3n) is 3.66. The molecule has 2 aromatic carbocycles. The second kappa shape index (κ2) is 5.30. The molecular weight excluding hydrogens is 286 g/mol. The minimum atomic E-state index is 0.0550. The molecule has 1 unspecified atom stereocenters. The molecule has 3 aromatic rings. The van der Waals surface area contributed by atoms with Gasteiger partial charge in [-0.3, -0.25) is 0 Å². The maximum Gasteiger partial charge on any atom is 0.201 e. The average Bonchev–Trinajstić information content (AvgIpc) is 2.82. The number of methoxy groups -OCH3 is 1. The molecule has 0 aliphatic heterocycles. The van der Waals surface area contributed by atoms with E-state index in [0.717, 1.165) is 27.4 Å². The Morgan fingerprint density at radius 3 is 2.57 bits per heavy atom. The number of anilines is 1. The van der Waals surface area contributed by atoms with Crippen LogP contribution in [0.15, 0.2) is 42.5 Å². The fourth-order valence-electron chi connectivity index (χ4n) is 2.52. The van der Waals surface area contributed by atoms with Crippen molar-refractivity contribution in [1.82, 2.24) is 9.55 Å². The number of rotatable bonds is 3. The monoisotopic (exact) mass is 301 g/mol. The Bertz CT molecular complexity index is 780. The highest BCUT2D eigenvalue weighted by molar-refractivity contribution is 6.30. The number of hydrogen-bond acceptors (Lipinski definition) is 3. The van der Waals surface area contributed by atoms with Gasteiger partial charge in [-0.15, -0.1) is 0 Å². The molecule has 21 heavy (non-hydrogen) atoms. The summed E-state index contributed by atoms with van der Waals surface area (Å²) in [5.74, 6) is 1.27. The first-order chi connectivity index (χ1) is 10.1. The van der Waals surface area contributed by atoms with Gasteiger partial charge in [-0.25, -0.2) is 4.98 Å². The summed E-state index contributed by atoms with van der Waals surface area (Å²) in [6, 6.07) is 13.6. The number of benzene rings is 2. The summed E-state index contributed by atoms with van der Waals surface area (Å²) in [5, 5.41) is 0.719. The summed E-state index contributed by atoms with van der Waals surface area (Å²) in [6.45, 7) is 2.08. The van der Waals surface area contributed by atoms with Gasteiger partial charge in [0.1, 0.15) is 5.75 Å². The van der Waals surface area contributed by atoms with E-state index in [0.29, 0.717) is 5.95 Å². The molecule has 4 nitrogen and oxygen atoms in total. The van der Waals surface area contributed by atoms with Crippen molar-refractivity contribution in [3.05, 3.63) is 53.1 Å². The van der Waals surface area contributed by atoms with Crippen molar-refractivity contribution >= 4 is 28.6 Å². The van der Waals surface area contributed by atoms with Gasteiger partial charge in [0.25, 0.3) is 0 Å². The highest BCUT2D eigenvalue weighted by atomic mass is 35.5. The van der Waals surface area contributed by atoms with E-state index < -0.39 is 0 Å². The van der Waals surface area contributed by atoms with E-state index >= 15 is 0 Å². The molecule has 3 rings (SSSR count). The smallest absolute Gasteiger partial charge is 0.201 e. The molecule has 108 valence electrons. The van der Waals surface area contributed by atoms with Crippen LogP contribution in [0.5, 0.6) is 5.75 Å². The van der Waals surface area contributed by atoms with Crippen molar-refractivity contribution in [1.29, 1.82) is 0 Å². The van der Waals surface area contributed by atoms with E-state index in [-0.39, 0.29) is 6.04 Å². The topological polar surface area (TPSA) is 53.1 Å². The number of nitrogens with two attached hydrogens (primary N) is 1. The zero-order valence-electron chi connectivity index (χ0n) is 11.9. The number of nitrogens with zero attached hydrogens (tertiary/aromatic N) is 2. The molecule has 0 spiro atoms. The maximum atomic E-state index is 6.10. The van der Waals surface area contributed by atoms with Gasteiger partial charge in [0.2, 0.25) is 5.95 Å². The lowest BCUT2D eigenvalue weighted by molar-refractivity contribution is 0.415. The van der Waals surface area contributed by atoms with Crippen molar-refractivity contribution in [3.63, 3.8) is 0 Å². The van der Waals surface area contributed by atoms with E-state index in [4.69, 9.17) is 22.1 Å². The van der Waals surface area contributed by atoms with Crippen molar-refractivity contribution in [3.8, 4) is 5.75 Å². The van der Waals surface area contributed by atoms with Crippen molar-refractivity contribution in [2.75, 3.05) is 12.8 Å². The number of nitrogen functional groups attached to an aromatic ring is 1. The molecule has 0 saturated carbocycles. The van der Waals surface area contributed by atoms with Crippen LogP contribution in [0.2, 0.25) is 5.02 Å². The summed E-state index contributed by atoms with van der Waals surface area (Å²) in [4.78, 5) is 4.41. The number of imidazole rings is 1. The fourth-order valence-corrected chi connectivity index (χ4v) is 2.64. The highest BCUT2D eigenvalue weighted by Gasteiger charge is 2.16. The standard InChI is InChI=1S/C16H16ClN3O/c1-10(11-3-5-12(17)6-4-11)20-15-9-13(21-2)7-8-14(15)19-16(20)18/h3-10H,1-2H3,(H2,18,19). The van der Waals surface area contributed by atoms with E-state index in [2.05, 4.69) is 11.9 Å². The van der Waals surface area contributed by atoms with Gasteiger partial charge in [-0.05, 0) is 36.8 Å². The SMILES string of the molecule is COc1ccc2nc(N)n(C(C)c3ccc(Cl)cc3)c2c1. The van der Waals surface area contributed by atoms with Crippen molar-refractivity contribution in [2.24, 2.45) is 0 Å². The predicted octanol–water partition coefficient (Wildman–Crippen LogP) is 3.89. The predicted molar refractivity (Wildman–Crippen MR) is 86.0 cm³/mol. The van der Waals surface area contributed by atoms with Gasteiger partial charge in [-0.1, -0.05) is 23.7 Å². The number of aromatic nitrogens is 2. The zero-order chi connectivity index (χ0) is 15.0. The van der Waals surface area contributed by atoms with E-state index in [1.807, 2.05) is 47.0 Å². The van der Waals surface area contributed by atoms with E-state index in [9.17, 15) is 0 Å². The van der Waals surface area contributed by atoms with Crippen molar-refractivity contribution < 1.29 is 4.74 Å². The molecule has 2 N–H and O–H groups in total. The summed E-state index contributed by atoms with van der Waals surface area (Å²) >= 11 is 5.95. The lowest BCUT2D eigenvalue weighted by atomic mass is 10.1. The summed E-state index contributed by atoms with van der Waals surface area (Å²) in [7, 11) is 1.65. The van der Waals surface area contributed by atoms with Crippen LogP contribution in [0.4, 0.5) is 5.95 Å². The normalized spacial score (nSPS) is 12.5. The Labute approximate surface area is 128 Å². The minimum absolute atomic E-state index is 0.0550. The Morgan fingerprint density at radius 2 is 1.90 bits per heavy atom. The molecule has 1 atom stereocenters. The Balaban J connectivity index is 2.14. The maximum absolute atomic E-state index is 6.10. The molecule has 0 amide bonds. The van der Waals surface area contributed by atoms with Crippen LogP contribution in [0.3, 0.4) is 0 Å². The summed E-state index contributed by atoms with van der Waals surface area (Å²) < 4.78 is 7.29. The Morgan fingerprint density at radius 1 is 1.19 bits per heavy atom. The molecule has 0 fully saturated rings. The molecule has 0 bridgehead atoms. The molecule has 0 aliphatic rings. The quantitative estimate of drug-likeness (QED) is 0.798. The number of hydrogen-bond donors (Lipinski definition) is 1. The van der Waals surface area contributed by atoms with Gasteiger partial charge < -0.3 is 15.0 Å². The molecule has 0 saturated heterocycles. The van der Waals surface area contributed by atoms with Gasteiger partial charge in [0.05, 0.1) is 24.2 Å². The Kier molecular flexibility index (Phi) is 3.47. The number of halogens is 1. The summed E-state index contributed by atoms with van der Waals surface area (Å²) in [5.41, 5.74) is 9.03.